The molecule has 4 nitrogen and oxygen atoms in total. The normalized spacial score (nSPS) is 24.6. The summed E-state index contributed by atoms with van der Waals surface area (Å²) in [5.74, 6) is 0. The zero-order chi connectivity index (χ0) is 19.4. The molecule has 2 aromatic carbocycles. The van der Waals surface area contributed by atoms with Gasteiger partial charge >= 0.3 is 0 Å². The van der Waals surface area contributed by atoms with Crippen LogP contribution in [0.1, 0.15) is 37.8 Å². The molecule has 4 rings (SSSR count). The van der Waals surface area contributed by atoms with Crippen LogP contribution in [0.2, 0.25) is 0 Å². The molecular formula is C22H23NO3S. The number of hydrogen-bond acceptors (Lipinski definition) is 3. The number of hydrogen-bond donors (Lipinski definition) is 0. The Balaban J connectivity index is 1.95. The number of carbonyl (C=O) groups excluding carboxylic acids is 1. The molecule has 0 saturated carbocycles. The Kier molecular flexibility index (Phi) is 4.04. The van der Waals surface area contributed by atoms with Gasteiger partial charge in [0.25, 0.3) is 10.0 Å². The lowest BCUT2D eigenvalue weighted by Gasteiger charge is -2.39. The number of allylic oxidation sites excluding steroid dienone is 1. The Hall–Kier alpha value is -2.40. The molecule has 0 N–H and O–H groups in total. The number of aldehydes is 1. The van der Waals surface area contributed by atoms with E-state index in [0.717, 1.165) is 23.0 Å². The number of para-hydroxylation sites is 1. The molecule has 140 valence electrons. The number of rotatable bonds is 3. The van der Waals surface area contributed by atoms with E-state index in [1.165, 1.54) is 9.88 Å². The first-order valence-electron chi connectivity index (χ1n) is 9.13. The van der Waals surface area contributed by atoms with E-state index in [1.807, 2.05) is 45.0 Å². The highest BCUT2D eigenvalue weighted by Crippen LogP contribution is 2.54. The number of nitrogens with zero attached hydrogens (tertiary/aromatic N) is 1. The first-order chi connectivity index (χ1) is 12.8. The van der Waals surface area contributed by atoms with Gasteiger partial charge in [-0.05, 0) is 57.4 Å². The number of fused-ring (bicyclic) bond motifs is 3. The largest absolute Gasteiger partial charge is 0.302 e. The molecule has 0 spiro atoms. The van der Waals surface area contributed by atoms with Crippen molar-refractivity contribution in [2.24, 2.45) is 0 Å². The van der Waals surface area contributed by atoms with Crippen LogP contribution in [-0.2, 0) is 20.2 Å². The van der Waals surface area contributed by atoms with Crippen molar-refractivity contribution in [2.75, 3.05) is 4.31 Å². The lowest BCUT2D eigenvalue weighted by Crippen LogP contribution is -2.50. The van der Waals surface area contributed by atoms with Crippen LogP contribution in [0, 0.1) is 6.92 Å². The fraction of sp³-hybridized carbons (Fsp3) is 0.318. The maximum atomic E-state index is 13.6. The molecule has 0 aromatic heterocycles. The van der Waals surface area contributed by atoms with Crippen molar-refractivity contribution in [1.29, 1.82) is 0 Å². The van der Waals surface area contributed by atoms with Crippen molar-refractivity contribution in [3.63, 3.8) is 0 Å². The standard InChI is InChI=1S/C22H23NO3S/c1-15-8-10-18(11-9-15)27(25,26)23-20-7-5-4-6-19(20)22(14-24)13-17(3)16(2)12-21(22)23/h4-11,14,21H,12-13H2,1-3H3/t21-,22+/m1/s1. The SMILES string of the molecule is CC1=C(C)C[C@]2(C=O)c3ccccc3N(S(=O)(=O)c3ccc(C)cc3)[C@@H]2C1. The maximum absolute atomic E-state index is 13.6. The number of anilines is 1. The van der Waals surface area contributed by atoms with Gasteiger partial charge in [0.1, 0.15) is 6.29 Å². The topological polar surface area (TPSA) is 54.5 Å². The summed E-state index contributed by atoms with van der Waals surface area (Å²) in [6.07, 6.45) is 2.09. The highest BCUT2D eigenvalue weighted by molar-refractivity contribution is 7.92. The third-order valence-corrected chi connectivity index (χ3v) is 7.93. The Morgan fingerprint density at radius 1 is 1.00 bits per heavy atom. The van der Waals surface area contributed by atoms with E-state index in [1.54, 1.807) is 24.3 Å². The van der Waals surface area contributed by atoms with Gasteiger partial charge in [-0.25, -0.2) is 8.42 Å². The second-order valence-corrected chi connectivity index (χ2v) is 9.56. The summed E-state index contributed by atoms with van der Waals surface area (Å²) in [6, 6.07) is 13.9. The van der Waals surface area contributed by atoms with Crippen LogP contribution >= 0.6 is 0 Å². The molecule has 1 aliphatic heterocycles. The third kappa shape index (κ3) is 2.48. The monoisotopic (exact) mass is 381 g/mol. The van der Waals surface area contributed by atoms with Crippen LogP contribution in [-0.4, -0.2) is 20.7 Å². The summed E-state index contributed by atoms with van der Waals surface area (Å²) in [6.45, 7) is 6.00. The maximum Gasteiger partial charge on any atom is 0.264 e. The van der Waals surface area contributed by atoms with Crippen LogP contribution in [0.25, 0.3) is 0 Å². The second-order valence-electron chi connectivity index (χ2n) is 7.75. The Morgan fingerprint density at radius 3 is 2.33 bits per heavy atom. The molecule has 0 bridgehead atoms. The van der Waals surface area contributed by atoms with Crippen molar-refractivity contribution in [3.8, 4) is 0 Å². The minimum absolute atomic E-state index is 0.258. The molecule has 2 aromatic rings. The van der Waals surface area contributed by atoms with Crippen molar-refractivity contribution >= 4 is 22.0 Å². The Labute approximate surface area is 160 Å². The molecule has 0 unspecified atom stereocenters. The van der Waals surface area contributed by atoms with Crippen molar-refractivity contribution < 1.29 is 13.2 Å². The van der Waals surface area contributed by atoms with E-state index >= 15 is 0 Å². The van der Waals surface area contributed by atoms with Gasteiger partial charge in [0.15, 0.2) is 0 Å². The molecule has 27 heavy (non-hydrogen) atoms. The minimum atomic E-state index is -3.78. The van der Waals surface area contributed by atoms with Gasteiger partial charge < -0.3 is 4.79 Å². The van der Waals surface area contributed by atoms with Crippen LogP contribution in [0.3, 0.4) is 0 Å². The van der Waals surface area contributed by atoms with Crippen molar-refractivity contribution in [3.05, 3.63) is 70.8 Å². The lowest BCUT2D eigenvalue weighted by molar-refractivity contribution is -0.113. The van der Waals surface area contributed by atoms with E-state index in [9.17, 15) is 13.2 Å². The average molecular weight is 381 g/mol. The summed E-state index contributed by atoms with van der Waals surface area (Å²) in [7, 11) is -3.78. The van der Waals surface area contributed by atoms with Crippen molar-refractivity contribution in [1.82, 2.24) is 0 Å². The van der Waals surface area contributed by atoms with Crippen LogP contribution in [0.5, 0.6) is 0 Å². The highest BCUT2D eigenvalue weighted by Gasteiger charge is 2.56. The molecule has 0 saturated heterocycles. The number of aryl methyl sites for hydroxylation is 1. The summed E-state index contributed by atoms with van der Waals surface area (Å²) < 4.78 is 28.7. The number of benzene rings is 2. The van der Waals surface area contributed by atoms with E-state index in [0.29, 0.717) is 18.5 Å². The van der Waals surface area contributed by atoms with E-state index in [4.69, 9.17) is 0 Å². The quantitative estimate of drug-likeness (QED) is 0.593. The summed E-state index contributed by atoms with van der Waals surface area (Å²) in [5, 5.41) is 0. The van der Waals surface area contributed by atoms with Crippen LogP contribution in [0.4, 0.5) is 5.69 Å². The van der Waals surface area contributed by atoms with Crippen molar-refractivity contribution in [2.45, 2.75) is 50.0 Å². The van der Waals surface area contributed by atoms with Gasteiger partial charge in [0, 0.05) is 0 Å². The Bertz CT molecular complexity index is 1050. The Morgan fingerprint density at radius 2 is 1.67 bits per heavy atom. The second kappa shape index (κ2) is 6.06. The lowest BCUT2D eigenvalue weighted by atomic mass is 9.67. The molecule has 1 heterocycles. The predicted octanol–water partition coefficient (Wildman–Crippen LogP) is 4.14. The fourth-order valence-electron chi connectivity index (χ4n) is 4.45. The highest BCUT2D eigenvalue weighted by atomic mass is 32.2. The van der Waals surface area contributed by atoms with Gasteiger partial charge in [0.2, 0.25) is 0 Å². The zero-order valence-electron chi connectivity index (χ0n) is 15.8. The molecule has 0 radical (unpaired) electrons. The molecule has 1 aliphatic carbocycles. The zero-order valence-corrected chi connectivity index (χ0v) is 16.6. The molecule has 2 atom stereocenters. The van der Waals surface area contributed by atoms with Gasteiger partial charge in [-0.3, -0.25) is 4.31 Å². The van der Waals surface area contributed by atoms with Gasteiger partial charge in [-0.1, -0.05) is 47.0 Å². The van der Waals surface area contributed by atoms with Gasteiger partial charge in [0.05, 0.1) is 22.0 Å². The molecule has 2 aliphatic rings. The molecule has 5 heteroatoms. The molecule has 0 fully saturated rings. The van der Waals surface area contributed by atoms with Gasteiger partial charge in [-0.15, -0.1) is 0 Å². The average Bonchev–Trinajstić information content (AvgIpc) is 2.93. The smallest absolute Gasteiger partial charge is 0.264 e. The first kappa shape index (κ1) is 18.0. The number of carbonyl (C=O) groups is 1. The third-order valence-electron chi connectivity index (χ3n) is 6.09. The summed E-state index contributed by atoms with van der Waals surface area (Å²) in [5.41, 5.74) is 3.95. The van der Waals surface area contributed by atoms with E-state index in [-0.39, 0.29) is 4.90 Å². The fourth-order valence-corrected chi connectivity index (χ4v) is 6.18. The first-order valence-corrected chi connectivity index (χ1v) is 10.6. The summed E-state index contributed by atoms with van der Waals surface area (Å²) >= 11 is 0. The molecular weight excluding hydrogens is 358 g/mol. The predicted molar refractivity (Wildman–Crippen MR) is 106 cm³/mol. The van der Waals surface area contributed by atoms with E-state index < -0.39 is 21.5 Å². The van der Waals surface area contributed by atoms with Gasteiger partial charge in [-0.2, -0.15) is 0 Å². The van der Waals surface area contributed by atoms with Crippen LogP contribution < -0.4 is 4.31 Å². The van der Waals surface area contributed by atoms with E-state index in [2.05, 4.69) is 0 Å². The van der Waals surface area contributed by atoms with Crippen LogP contribution in [0.15, 0.2) is 64.6 Å². The summed E-state index contributed by atoms with van der Waals surface area (Å²) in [4.78, 5) is 12.6. The minimum Gasteiger partial charge on any atom is -0.302 e. The molecule has 0 amide bonds. The number of sulfonamides is 1.